The van der Waals surface area contributed by atoms with E-state index >= 15 is 0 Å². The molecule has 0 N–H and O–H groups in total. The van der Waals surface area contributed by atoms with Crippen molar-refractivity contribution < 1.29 is 0 Å². The summed E-state index contributed by atoms with van der Waals surface area (Å²) < 4.78 is 0. The standard InChI is InChI=1S/C13H15N/c1-10(2)7-13(9-14)12-6-4-5-11(3)8-12/h4-8,10H,1-3H3/b13-7+. The van der Waals surface area contributed by atoms with Gasteiger partial charge in [-0.1, -0.05) is 49.8 Å². The van der Waals surface area contributed by atoms with E-state index in [0.29, 0.717) is 5.92 Å². The molecular formula is C13H15N. The van der Waals surface area contributed by atoms with Crippen LogP contribution in [0.15, 0.2) is 30.3 Å². The van der Waals surface area contributed by atoms with Gasteiger partial charge in [0.25, 0.3) is 0 Å². The largest absolute Gasteiger partial charge is 0.192 e. The van der Waals surface area contributed by atoms with Gasteiger partial charge < -0.3 is 0 Å². The molecule has 1 aromatic rings. The zero-order valence-electron chi connectivity index (χ0n) is 8.91. The van der Waals surface area contributed by atoms with Crippen LogP contribution in [-0.4, -0.2) is 0 Å². The molecule has 0 bridgehead atoms. The minimum atomic E-state index is 0.408. The number of hydrogen-bond acceptors (Lipinski definition) is 1. The number of nitrogens with zero attached hydrogens (tertiary/aromatic N) is 1. The van der Waals surface area contributed by atoms with Crippen molar-refractivity contribution in [2.75, 3.05) is 0 Å². The van der Waals surface area contributed by atoms with E-state index in [0.717, 1.165) is 11.1 Å². The molecule has 0 aliphatic heterocycles. The van der Waals surface area contributed by atoms with Crippen molar-refractivity contribution in [2.24, 2.45) is 5.92 Å². The third-order valence-electron chi connectivity index (χ3n) is 1.95. The van der Waals surface area contributed by atoms with Crippen LogP contribution in [0.25, 0.3) is 5.57 Å². The quantitative estimate of drug-likeness (QED) is 0.646. The van der Waals surface area contributed by atoms with Gasteiger partial charge in [0.2, 0.25) is 0 Å². The average Bonchev–Trinajstić information content (AvgIpc) is 2.14. The molecule has 0 saturated heterocycles. The summed E-state index contributed by atoms with van der Waals surface area (Å²) in [7, 11) is 0. The first-order chi connectivity index (χ1) is 6.63. The Balaban J connectivity index is 3.09. The van der Waals surface area contributed by atoms with Gasteiger partial charge in [0, 0.05) is 0 Å². The molecule has 0 aromatic heterocycles. The van der Waals surface area contributed by atoms with Gasteiger partial charge in [-0.3, -0.25) is 0 Å². The summed E-state index contributed by atoms with van der Waals surface area (Å²) in [5.74, 6) is 0.408. The number of rotatable bonds is 2. The highest BCUT2D eigenvalue weighted by Crippen LogP contribution is 2.16. The highest BCUT2D eigenvalue weighted by molar-refractivity contribution is 5.77. The highest BCUT2D eigenvalue weighted by Gasteiger charge is 2.01. The minimum Gasteiger partial charge on any atom is -0.192 e. The average molecular weight is 185 g/mol. The Morgan fingerprint density at radius 2 is 2.14 bits per heavy atom. The second kappa shape index (κ2) is 4.62. The van der Waals surface area contributed by atoms with Crippen LogP contribution in [0.5, 0.6) is 0 Å². The van der Waals surface area contributed by atoms with E-state index in [4.69, 9.17) is 5.26 Å². The van der Waals surface area contributed by atoms with Crippen LogP contribution in [0.2, 0.25) is 0 Å². The zero-order chi connectivity index (χ0) is 10.6. The molecule has 1 rings (SSSR count). The van der Waals surface area contributed by atoms with E-state index in [-0.39, 0.29) is 0 Å². The van der Waals surface area contributed by atoms with Gasteiger partial charge in [0.1, 0.15) is 0 Å². The van der Waals surface area contributed by atoms with Crippen molar-refractivity contribution >= 4 is 5.57 Å². The van der Waals surface area contributed by atoms with Crippen molar-refractivity contribution in [3.8, 4) is 6.07 Å². The molecule has 14 heavy (non-hydrogen) atoms. The van der Waals surface area contributed by atoms with Crippen LogP contribution >= 0.6 is 0 Å². The zero-order valence-corrected chi connectivity index (χ0v) is 8.91. The molecule has 0 heterocycles. The SMILES string of the molecule is Cc1cccc(/C(C#N)=C/C(C)C)c1. The third-order valence-corrected chi connectivity index (χ3v) is 1.95. The van der Waals surface area contributed by atoms with Crippen molar-refractivity contribution in [3.05, 3.63) is 41.5 Å². The smallest absolute Gasteiger partial charge is 0.0994 e. The summed E-state index contributed by atoms with van der Waals surface area (Å²) in [6, 6.07) is 10.3. The maximum absolute atomic E-state index is 9.00. The summed E-state index contributed by atoms with van der Waals surface area (Å²) >= 11 is 0. The van der Waals surface area contributed by atoms with Crippen molar-refractivity contribution in [1.82, 2.24) is 0 Å². The van der Waals surface area contributed by atoms with Crippen LogP contribution < -0.4 is 0 Å². The fraction of sp³-hybridized carbons (Fsp3) is 0.308. The Bertz CT molecular complexity index is 380. The summed E-state index contributed by atoms with van der Waals surface area (Å²) in [5.41, 5.74) is 2.97. The summed E-state index contributed by atoms with van der Waals surface area (Å²) in [6.45, 7) is 6.19. The maximum Gasteiger partial charge on any atom is 0.0994 e. The lowest BCUT2D eigenvalue weighted by Gasteiger charge is -2.02. The molecule has 1 heteroatoms. The van der Waals surface area contributed by atoms with Crippen molar-refractivity contribution in [1.29, 1.82) is 5.26 Å². The number of allylic oxidation sites excluding steroid dienone is 2. The first-order valence-electron chi connectivity index (χ1n) is 4.82. The van der Waals surface area contributed by atoms with Crippen molar-refractivity contribution in [3.63, 3.8) is 0 Å². The summed E-state index contributed by atoms with van der Waals surface area (Å²) in [4.78, 5) is 0. The molecule has 0 aliphatic carbocycles. The molecule has 1 nitrogen and oxygen atoms in total. The molecule has 1 aromatic carbocycles. The van der Waals surface area contributed by atoms with Gasteiger partial charge in [0.15, 0.2) is 0 Å². The summed E-state index contributed by atoms with van der Waals surface area (Å²) in [5, 5.41) is 9.00. The monoisotopic (exact) mass is 185 g/mol. The van der Waals surface area contributed by atoms with E-state index in [9.17, 15) is 0 Å². The predicted molar refractivity (Wildman–Crippen MR) is 59.6 cm³/mol. The lowest BCUT2D eigenvalue weighted by Crippen LogP contribution is -1.86. The van der Waals surface area contributed by atoms with Crippen LogP contribution in [0, 0.1) is 24.2 Å². The lowest BCUT2D eigenvalue weighted by molar-refractivity contribution is 0.834. The summed E-state index contributed by atoms with van der Waals surface area (Å²) in [6.07, 6.45) is 1.99. The Labute approximate surface area is 85.7 Å². The normalized spacial score (nSPS) is 11.5. The van der Waals surface area contributed by atoms with Crippen LogP contribution in [0.1, 0.15) is 25.0 Å². The van der Waals surface area contributed by atoms with E-state index in [2.05, 4.69) is 19.9 Å². The van der Waals surface area contributed by atoms with Gasteiger partial charge in [-0.15, -0.1) is 0 Å². The molecule has 0 spiro atoms. The second-order valence-electron chi connectivity index (χ2n) is 3.81. The van der Waals surface area contributed by atoms with E-state index in [1.807, 2.05) is 37.3 Å². The fourth-order valence-corrected chi connectivity index (χ4v) is 1.34. The first-order valence-corrected chi connectivity index (χ1v) is 4.82. The molecule has 0 atom stereocenters. The van der Waals surface area contributed by atoms with Gasteiger partial charge in [-0.05, 0) is 18.4 Å². The highest BCUT2D eigenvalue weighted by atomic mass is 14.2. The minimum absolute atomic E-state index is 0.408. The molecule has 0 fully saturated rings. The van der Waals surface area contributed by atoms with Gasteiger partial charge >= 0.3 is 0 Å². The second-order valence-corrected chi connectivity index (χ2v) is 3.81. The Kier molecular flexibility index (Phi) is 3.48. The molecule has 0 radical (unpaired) electrons. The van der Waals surface area contributed by atoms with Crippen molar-refractivity contribution in [2.45, 2.75) is 20.8 Å². The Hall–Kier alpha value is -1.55. The van der Waals surface area contributed by atoms with E-state index in [1.54, 1.807) is 0 Å². The van der Waals surface area contributed by atoms with Crippen LogP contribution in [0.4, 0.5) is 0 Å². The number of benzene rings is 1. The Morgan fingerprint density at radius 3 is 2.64 bits per heavy atom. The topological polar surface area (TPSA) is 23.8 Å². The maximum atomic E-state index is 9.00. The molecule has 0 unspecified atom stereocenters. The first kappa shape index (κ1) is 10.5. The predicted octanol–water partition coefficient (Wildman–Crippen LogP) is 3.56. The van der Waals surface area contributed by atoms with Crippen LogP contribution in [-0.2, 0) is 0 Å². The van der Waals surface area contributed by atoms with E-state index in [1.165, 1.54) is 5.56 Å². The molecular weight excluding hydrogens is 170 g/mol. The van der Waals surface area contributed by atoms with Gasteiger partial charge in [-0.25, -0.2) is 0 Å². The lowest BCUT2D eigenvalue weighted by atomic mass is 10.0. The molecule has 0 saturated carbocycles. The molecule has 72 valence electrons. The third kappa shape index (κ3) is 2.74. The number of aryl methyl sites for hydroxylation is 1. The van der Waals surface area contributed by atoms with Crippen LogP contribution in [0.3, 0.4) is 0 Å². The fourth-order valence-electron chi connectivity index (χ4n) is 1.34. The molecule has 0 aliphatic rings. The number of nitriles is 1. The van der Waals surface area contributed by atoms with E-state index < -0.39 is 0 Å². The molecule has 0 amide bonds. The van der Waals surface area contributed by atoms with Gasteiger partial charge in [0.05, 0.1) is 11.6 Å². The van der Waals surface area contributed by atoms with Gasteiger partial charge in [-0.2, -0.15) is 5.26 Å². The Morgan fingerprint density at radius 1 is 1.43 bits per heavy atom. The number of hydrogen-bond donors (Lipinski definition) is 0.